The lowest BCUT2D eigenvalue weighted by Crippen LogP contribution is -2.29. The van der Waals surface area contributed by atoms with Crippen LogP contribution in [0, 0.1) is 0 Å². The fourth-order valence-electron chi connectivity index (χ4n) is 4.18. The lowest BCUT2D eigenvalue weighted by atomic mass is 10.0. The topological polar surface area (TPSA) is 49.0 Å². The fraction of sp³-hybridized carbons (Fsp3) is 0.308. The number of carbonyl (C=O) groups excluding carboxylic acids is 1. The van der Waals surface area contributed by atoms with Crippen LogP contribution in [0.25, 0.3) is 11.0 Å². The molecule has 8 heteroatoms. The molecule has 4 nitrogen and oxygen atoms in total. The van der Waals surface area contributed by atoms with Gasteiger partial charge in [-0.3, -0.25) is 9.69 Å². The summed E-state index contributed by atoms with van der Waals surface area (Å²) in [6.45, 7) is 6.34. The van der Waals surface area contributed by atoms with Crippen LogP contribution in [0.15, 0.2) is 54.2 Å². The first-order chi connectivity index (χ1) is 16.3. The average molecular weight is 486 g/mol. The van der Waals surface area contributed by atoms with Crippen molar-refractivity contribution in [2.45, 2.75) is 46.0 Å². The number of pyridine rings is 1. The number of nitrogens with one attached hydrogen (secondary N) is 1. The van der Waals surface area contributed by atoms with Gasteiger partial charge < -0.3 is 4.98 Å². The number of aromatic nitrogens is 2. The monoisotopic (exact) mass is 485 g/mol. The number of ketones is 1. The number of alkyl halides is 3. The number of halogens is 3. The van der Waals surface area contributed by atoms with Gasteiger partial charge in [0, 0.05) is 53.2 Å². The van der Waals surface area contributed by atoms with Crippen molar-refractivity contribution in [3.05, 3.63) is 86.9 Å². The minimum atomic E-state index is -4.22. The molecule has 1 N–H and O–H groups in total. The van der Waals surface area contributed by atoms with Gasteiger partial charge in [-0.1, -0.05) is 25.1 Å². The average Bonchev–Trinajstić information content (AvgIpc) is 3.46. The number of nitrogens with zero attached hydrogens (tertiary/aromatic N) is 2. The summed E-state index contributed by atoms with van der Waals surface area (Å²) in [5.41, 5.74) is 4.60. The summed E-state index contributed by atoms with van der Waals surface area (Å²) >= 11 is 1.72. The van der Waals surface area contributed by atoms with Crippen molar-refractivity contribution < 1.29 is 18.0 Å². The largest absolute Gasteiger partial charge is 0.416 e. The molecule has 1 aliphatic heterocycles. The van der Waals surface area contributed by atoms with Crippen LogP contribution in [0.5, 0.6) is 0 Å². The predicted octanol–water partition coefficient (Wildman–Crippen LogP) is 6.65. The molecule has 0 radical (unpaired) electrons. The molecule has 1 aromatic carbocycles. The quantitative estimate of drug-likeness (QED) is 0.329. The molecule has 0 fully saturated rings. The SMILES string of the molecule is CC(=O)c1csc2c1CCN(Cc1ccnc3[nH]ccc13)C2.CCc1cccc(C(F)(F)F)c1. The van der Waals surface area contributed by atoms with Crippen LogP contribution in [0.2, 0.25) is 0 Å². The number of aromatic amines is 1. The standard InChI is InChI=1S/C17H17N3OS.C9H9F3/c1-11(21)15-10-22-16-9-20(7-4-14(15)16)8-12-2-5-18-17-13(12)3-6-19-17;1-2-7-4-3-5-8(6-7)9(10,11)12/h2-3,5-6,10H,4,7-9H2,1H3,(H,18,19);3-6H,2H2,1H3. The van der Waals surface area contributed by atoms with Crippen LogP contribution >= 0.6 is 11.3 Å². The molecule has 178 valence electrons. The highest BCUT2D eigenvalue weighted by molar-refractivity contribution is 7.10. The van der Waals surface area contributed by atoms with E-state index in [9.17, 15) is 18.0 Å². The molecule has 0 unspecified atom stereocenters. The molecule has 5 rings (SSSR count). The molecule has 0 bridgehead atoms. The lowest BCUT2D eigenvalue weighted by Gasteiger charge is -2.27. The van der Waals surface area contributed by atoms with E-state index in [0.717, 1.165) is 43.3 Å². The van der Waals surface area contributed by atoms with Gasteiger partial charge in [-0.15, -0.1) is 11.3 Å². The summed E-state index contributed by atoms with van der Waals surface area (Å²) in [7, 11) is 0. The van der Waals surface area contributed by atoms with Crippen LogP contribution in [-0.4, -0.2) is 27.2 Å². The second-order valence-electron chi connectivity index (χ2n) is 8.33. The van der Waals surface area contributed by atoms with Gasteiger partial charge >= 0.3 is 6.18 Å². The Morgan fingerprint density at radius 2 is 2.06 bits per heavy atom. The Morgan fingerprint density at radius 3 is 2.79 bits per heavy atom. The number of carbonyl (C=O) groups is 1. The third-order valence-corrected chi connectivity index (χ3v) is 7.03. The second-order valence-corrected chi connectivity index (χ2v) is 9.29. The summed E-state index contributed by atoms with van der Waals surface area (Å²) in [5, 5.41) is 3.22. The second kappa shape index (κ2) is 10.1. The van der Waals surface area contributed by atoms with Crippen molar-refractivity contribution in [1.29, 1.82) is 0 Å². The van der Waals surface area contributed by atoms with Gasteiger partial charge in [0.1, 0.15) is 5.65 Å². The van der Waals surface area contributed by atoms with Crippen molar-refractivity contribution in [1.82, 2.24) is 14.9 Å². The number of aryl methyl sites for hydroxylation is 1. The molecule has 0 spiro atoms. The third-order valence-electron chi connectivity index (χ3n) is 6.01. The molecule has 1 aliphatic rings. The predicted molar refractivity (Wildman–Crippen MR) is 129 cm³/mol. The molecule has 34 heavy (non-hydrogen) atoms. The van der Waals surface area contributed by atoms with Crippen LogP contribution in [0.3, 0.4) is 0 Å². The first kappa shape index (κ1) is 24.2. The van der Waals surface area contributed by atoms with E-state index in [-0.39, 0.29) is 5.78 Å². The number of Topliss-reactive ketones (excluding diaryl/α,β-unsaturated/α-hetero) is 1. The zero-order valence-electron chi connectivity index (χ0n) is 19.1. The molecular weight excluding hydrogens is 459 g/mol. The molecule has 0 amide bonds. The minimum Gasteiger partial charge on any atom is -0.346 e. The van der Waals surface area contributed by atoms with E-state index >= 15 is 0 Å². The fourth-order valence-corrected chi connectivity index (χ4v) is 5.36. The maximum Gasteiger partial charge on any atom is 0.416 e. The first-order valence-electron chi connectivity index (χ1n) is 11.2. The van der Waals surface area contributed by atoms with Crippen molar-refractivity contribution in [2.75, 3.05) is 6.54 Å². The van der Waals surface area contributed by atoms with E-state index in [1.54, 1.807) is 24.3 Å². The summed E-state index contributed by atoms with van der Waals surface area (Å²) in [5.74, 6) is 0.189. The van der Waals surface area contributed by atoms with E-state index < -0.39 is 11.7 Å². The minimum absolute atomic E-state index is 0.189. The van der Waals surface area contributed by atoms with Crippen molar-refractivity contribution in [3.8, 4) is 0 Å². The Bertz CT molecular complexity index is 1290. The Hall–Kier alpha value is -2.97. The third kappa shape index (κ3) is 5.39. The Kier molecular flexibility index (Phi) is 7.19. The lowest BCUT2D eigenvalue weighted by molar-refractivity contribution is -0.137. The highest BCUT2D eigenvalue weighted by Gasteiger charge is 2.30. The van der Waals surface area contributed by atoms with Crippen molar-refractivity contribution in [3.63, 3.8) is 0 Å². The number of thiophene rings is 1. The first-order valence-corrected chi connectivity index (χ1v) is 12.0. The molecule has 0 saturated heterocycles. The van der Waals surface area contributed by atoms with Crippen LogP contribution in [0.1, 0.15) is 51.3 Å². The van der Waals surface area contributed by atoms with E-state index in [1.807, 2.05) is 24.7 Å². The van der Waals surface area contributed by atoms with Crippen LogP contribution in [-0.2, 0) is 32.1 Å². The van der Waals surface area contributed by atoms with Crippen molar-refractivity contribution in [2.24, 2.45) is 0 Å². The molecular formula is C26H26F3N3OS. The Morgan fingerprint density at radius 1 is 1.24 bits per heavy atom. The van der Waals surface area contributed by atoms with Gasteiger partial charge in [0.2, 0.25) is 0 Å². The normalized spacial score (nSPS) is 13.9. The molecule has 4 heterocycles. The summed E-state index contributed by atoms with van der Waals surface area (Å²) in [6.07, 6.45) is 1.18. The highest BCUT2D eigenvalue weighted by atomic mass is 32.1. The number of rotatable bonds is 4. The number of H-pyrrole nitrogens is 1. The van der Waals surface area contributed by atoms with Crippen molar-refractivity contribution >= 4 is 28.2 Å². The maximum absolute atomic E-state index is 12.1. The van der Waals surface area contributed by atoms with Gasteiger partial charge in [0.05, 0.1) is 5.56 Å². The Balaban J connectivity index is 0.000000195. The van der Waals surface area contributed by atoms with Crippen LogP contribution < -0.4 is 0 Å². The van der Waals surface area contributed by atoms with E-state index in [1.165, 1.54) is 33.5 Å². The zero-order valence-corrected chi connectivity index (χ0v) is 19.9. The Labute approximate surface area is 200 Å². The number of fused-ring (bicyclic) bond motifs is 2. The number of hydrogen-bond acceptors (Lipinski definition) is 4. The van der Waals surface area contributed by atoms with E-state index in [4.69, 9.17) is 0 Å². The molecule has 0 aliphatic carbocycles. The van der Waals surface area contributed by atoms with Gasteiger partial charge in [-0.2, -0.15) is 13.2 Å². The summed E-state index contributed by atoms with van der Waals surface area (Å²) in [6, 6.07) is 9.57. The zero-order chi connectivity index (χ0) is 24.3. The van der Waals surface area contributed by atoms with E-state index in [0.29, 0.717) is 12.0 Å². The summed E-state index contributed by atoms with van der Waals surface area (Å²) in [4.78, 5) is 23.0. The van der Waals surface area contributed by atoms with Gasteiger partial charge in [-0.25, -0.2) is 4.98 Å². The van der Waals surface area contributed by atoms with E-state index in [2.05, 4.69) is 27.0 Å². The maximum atomic E-state index is 12.1. The van der Waals surface area contributed by atoms with Gasteiger partial charge in [-0.05, 0) is 54.7 Å². The van der Waals surface area contributed by atoms with Crippen LogP contribution in [0.4, 0.5) is 13.2 Å². The highest BCUT2D eigenvalue weighted by Crippen LogP contribution is 2.31. The molecule has 0 atom stereocenters. The smallest absolute Gasteiger partial charge is 0.346 e. The number of benzene rings is 1. The molecule has 3 aromatic heterocycles. The van der Waals surface area contributed by atoms with Gasteiger partial charge in [0.15, 0.2) is 5.78 Å². The summed E-state index contributed by atoms with van der Waals surface area (Å²) < 4.78 is 36.3. The van der Waals surface area contributed by atoms with Gasteiger partial charge in [0.25, 0.3) is 0 Å². The number of hydrogen-bond donors (Lipinski definition) is 1. The molecule has 0 saturated carbocycles. The molecule has 4 aromatic rings.